The van der Waals surface area contributed by atoms with E-state index < -0.39 is 23.1 Å². The normalized spacial score (nSPS) is 39.5. The Morgan fingerprint density at radius 1 is 1.23 bits per heavy atom. The molecular formula is C22H19F3N2O3. The fourth-order valence-corrected chi connectivity index (χ4v) is 7.12. The Labute approximate surface area is 170 Å². The number of amides is 3. The van der Waals surface area contributed by atoms with E-state index in [-0.39, 0.29) is 41.2 Å². The summed E-state index contributed by atoms with van der Waals surface area (Å²) in [5.74, 6) is -0.736. The standard InChI is InChI=1S/C22H19F3N2O3/c1-2-26(17(28)11-5-7-12(8-6-11)22(23,24)25)27-18(29)16-20-9-3-4-14(13-10-15(13)20)21(16,20)19(27)30/h3-8,13-16H,2,9-10H2,1H3/t13?,14?,15?,16-,20?,21-/m0/s1. The van der Waals surface area contributed by atoms with Crippen LogP contribution in [0.15, 0.2) is 36.4 Å². The fourth-order valence-electron chi connectivity index (χ4n) is 7.12. The van der Waals surface area contributed by atoms with E-state index in [0.29, 0.717) is 11.8 Å². The maximum Gasteiger partial charge on any atom is 0.416 e. The van der Waals surface area contributed by atoms with Crippen LogP contribution in [0.1, 0.15) is 35.7 Å². The zero-order valence-corrected chi connectivity index (χ0v) is 16.1. The van der Waals surface area contributed by atoms with E-state index >= 15 is 0 Å². The van der Waals surface area contributed by atoms with E-state index in [4.69, 9.17) is 0 Å². The molecule has 6 rings (SSSR count). The van der Waals surface area contributed by atoms with Gasteiger partial charge in [0, 0.05) is 17.5 Å². The third kappa shape index (κ3) is 1.73. The van der Waals surface area contributed by atoms with Crippen LogP contribution < -0.4 is 0 Å². The van der Waals surface area contributed by atoms with Crippen molar-refractivity contribution in [2.75, 3.05) is 6.54 Å². The third-order valence-corrected chi connectivity index (χ3v) is 8.18. The number of hydrazine groups is 1. The molecule has 156 valence electrons. The lowest BCUT2D eigenvalue weighted by molar-refractivity contribution is -0.161. The molecule has 0 aromatic heterocycles. The van der Waals surface area contributed by atoms with E-state index in [1.807, 2.05) is 0 Å². The summed E-state index contributed by atoms with van der Waals surface area (Å²) in [4.78, 5) is 39.9. The van der Waals surface area contributed by atoms with Gasteiger partial charge in [-0.15, -0.1) is 0 Å². The second kappa shape index (κ2) is 5.15. The topological polar surface area (TPSA) is 57.7 Å². The Kier molecular flexibility index (Phi) is 3.12. The number of allylic oxidation sites excluding steroid dienone is 2. The maximum atomic E-state index is 13.6. The summed E-state index contributed by atoms with van der Waals surface area (Å²) in [5, 5.41) is 2.07. The lowest BCUT2D eigenvalue weighted by atomic mass is 9.77. The molecule has 5 aliphatic rings. The summed E-state index contributed by atoms with van der Waals surface area (Å²) in [6.45, 7) is 1.72. The fraction of sp³-hybridized carbons (Fsp3) is 0.500. The average Bonchev–Trinajstić information content (AvgIpc) is 3.58. The van der Waals surface area contributed by atoms with Crippen LogP contribution in [0.4, 0.5) is 13.2 Å². The molecule has 8 heteroatoms. The summed E-state index contributed by atoms with van der Waals surface area (Å²) in [7, 11) is 0. The number of carbonyl (C=O) groups is 3. The number of piperidine rings is 1. The molecule has 2 bridgehead atoms. The van der Waals surface area contributed by atoms with Gasteiger partial charge in [0.1, 0.15) is 0 Å². The molecule has 30 heavy (non-hydrogen) atoms. The molecule has 4 unspecified atom stereocenters. The van der Waals surface area contributed by atoms with E-state index in [0.717, 1.165) is 47.1 Å². The van der Waals surface area contributed by atoms with Crippen LogP contribution in [0.3, 0.4) is 0 Å². The molecule has 3 amide bonds. The summed E-state index contributed by atoms with van der Waals surface area (Å²) < 4.78 is 38.4. The minimum absolute atomic E-state index is 0.00703. The van der Waals surface area contributed by atoms with Gasteiger partial charge in [-0.3, -0.25) is 14.4 Å². The van der Waals surface area contributed by atoms with Gasteiger partial charge in [-0.05, 0) is 61.8 Å². The highest BCUT2D eigenvalue weighted by Gasteiger charge is 2.99. The predicted molar refractivity (Wildman–Crippen MR) is 97.2 cm³/mol. The largest absolute Gasteiger partial charge is 0.416 e. The van der Waals surface area contributed by atoms with Gasteiger partial charge in [0.05, 0.1) is 16.9 Å². The van der Waals surface area contributed by atoms with Gasteiger partial charge in [-0.1, -0.05) is 12.2 Å². The average molecular weight is 416 g/mol. The van der Waals surface area contributed by atoms with Gasteiger partial charge < -0.3 is 0 Å². The number of hydrogen-bond donors (Lipinski definition) is 0. The van der Waals surface area contributed by atoms with Gasteiger partial charge in [0.15, 0.2) is 0 Å². The number of carbonyl (C=O) groups excluding carboxylic acids is 3. The number of benzene rings is 1. The molecular weight excluding hydrogens is 397 g/mol. The van der Waals surface area contributed by atoms with Gasteiger partial charge in [0.2, 0.25) is 0 Å². The molecule has 0 radical (unpaired) electrons. The van der Waals surface area contributed by atoms with Crippen LogP contribution in [0.5, 0.6) is 0 Å². The molecule has 4 fully saturated rings. The molecule has 1 heterocycles. The molecule has 5 nitrogen and oxygen atoms in total. The molecule has 6 atom stereocenters. The lowest BCUT2D eigenvalue weighted by Crippen LogP contribution is -2.54. The first-order valence-electron chi connectivity index (χ1n) is 10.2. The Bertz CT molecular complexity index is 1050. The van der Waals surface area contributed by atoms with Crippen LogP contribution in [-0.4, -0.2) is 34.3 Å². The molecule has 1 aliphatic heterocycles. The first kappa shape index (κ1) is 18.2. The van der Waals surface area contributed by atoms with Crippen molar-refractivity contribution in [1.82, 2.24) is 10.0 Å². The number of halogens is 3. The first-order chi connectivity index (χ1) is 14.2. The van der Waals surface area contributed by atoms with Crippen molar-refractivity contribution >= 4 is 17.7 Å². The number of hydrogen-bond acceptors (Lipinski definition) is 3. The second-order valence-corrected chi connectivity index (χ2v) is 9.06. The number of alkyl halides is 3. The van der Waals surface area contributed by atoms with Gasteiger partial charge in [-0.25, -0.2) is 5.01 Å². The highest BCUT2D eigenvalue weighted by Crippen LogP contribution is 2.94. The molecule has 1 aromatic rings. The summed E-state index contributed by atoms with van der Waals surface area (Å²) in [5.41, 5.74) is -1.83. The first-order valence-corrected chi connectivity index (χ1v) is 10.2. The quantitative estimate of drug-likeness (QED) is 0.561. The molecule has 1 aromatic carbocycles. The summed E-state index contributed by atoms with van der Waals surface area (Å²) in [6.07, 6.45) is 1.47. The van der Waals surface area contributed by atoms with Crippen molar-refractivity contribution in [3.05, 3.63) is 47.5 Å². The number of imide groups is 1. The third-order valence-electron chi connectivity index (χ3n) is 8.18. The van der Waals surface area contributed by atoms with Crippen LogP contribution in [-0.2, 0) is 15.8 Å². The zero-order chi connectivity index (χ0) is 21.2. The van der Waals surface area contributed by atoms with E-state index in [1.165, 1.54) is 0 Å². The SMILES string of the molecule is CCN(C(=O)c1ccc(C(F)(F)F)cc1)N1C(=O)[C@H]2C34CC=CC(C5CC53)[C@@]24C1=O. The van der Waals surface area contributed by atoms with E-state index in [9.17, 15) is 27.6 Å². The van der Waals surface area contributed by atoms with Gasteiger partial charge in [0.25, 0.3) is 17.7 Å². The minimum Gasteiger partial charge on any atom is -0.272 e. The molecule has 4 aliphatic carbocycles. The summed E-state index contributed by atoms with van der Waals surface area (Å²) >= 11 is 0. The zero-order valence-electron chi connectivity index (χ0n) is 16.1. The highest BCUT2D eigenvalue weighted by molar-refractivity contribution is 6.16. The molecule has 1 saturated heterocycles. The van der Waals surface area contributed by atoms with Crippen LogP contribution in [0.2, 0.25) is 0 Å². The van der Waals surface area contributed by atoms with E-state index in [1.54, 1.807) is 6.92 Å². The lowest BCUT2D eigenvalue weighted by Gasteiger charge is -2.36. The van der Waals surface area contributed by atoms with Gasteiger partial charge in [-0.2, -0.15) is 18.2 Å². The van der Waals surface area contributed by atoms with Crippen molar-refractivity contribution in [1.29, 1.82) is 0 Å². The van der Waals surface area contributed by atoms with Crippen LogP contribution in [0, 0.1) is 34.5 Å². The molecule has 3 saturated carbocycles. The van der Waals surface area contributed by atoms with Crippen molar-refractivity contribution in [2.45, 2.75) is 25.9 Å². The van der Waals surface area contributed by atoms with Crippen molar-refractivity contribution in [2.24, 2.45) is 34.5 Å². The Balaban J connectivity index is 1.32. The van der Waals surface area contributed by atoms with Gasteiger partial charge >= 0.3 is 6.18 Å². The Morgan fingerprint density at radius 2 is 1.93 bits per heavy atom. The number of nitrogens with zero attached hydrogens (tertiary/aromatic N) is 2. The number of fused-ring (bicyclic) bond motifs is 2. The van der Waals surface area contributed by atoms with E-state index in [2.05, 4.69) is 12.2 Å². The van der Waals surface area contributed by atoms with Crippen molar-refractivity contribution in [3.63, 3.8) is 0 Å². The van der Waals surface area contributed by atoms with Crippen molar-refractivity contribution in [3.8, 4) is 0 Å². The maximum absolute atomic E-state index is 13.6. The van der Waals surface area contributed by atoms with Crippen molar-refractivity contribution < 1.29 is 27.6 Å². The number of rotatable bonds is 3. The second-order valence-electron chi connectivity index (χ2n) is 9.06. The minimum atomic E-state index is -4.50. The summed E-state index contributed by atoms with van der Waals surface area (Å²) in [6, 6.07) is 3.84. The monoisotopic (exact) mass is 416 g/mol. The molecule has 1 spiro atoms. The highest BCUT2D eigenvalue weighted by atomic mass is 19.4. The van der Waals surface area contributed by atoms with Crippen LogP contribution >= 0.6 is 0 Å². The smallest absolute Gasteiger partial charge is 0.272 e. The Morgan fingerprint density at radius 3 is 2.57 bits per heavy atom. The molecule has 0 N–H and O–H groups in total. The predicted octanol–water partition coefficient (Wildman–Crippen LogP) is 3.28. The Hall–Kier alpha value is -2.64. The van der Waals surface area contributed by atoms with Crippen LogP contribution in [0.25, 0.3) is 0 Å².